The van der Waals surface area contributed by atoms with Crippen LogP contribution in [-0.4, -0.2) is 12.9 Å². The summed E-state index contributed by atoms with van der Waals surface area (Å²) in [5.41, 5.74) is 0.351. The first kappa shape index (κ1) is 11.6. The first-order chi connectivity index (χ1) is 6.97. The van der Waals surface area contributed by atoms with Crippen LogP contribution in [0.5, 0.6) is 5.75 Å². The van der Waals surface area contributed by atoms with Gasteiger partial charge in [0, 0.05) is 5.56 Å². The molecule has 1 rings (SSSR count). The molecule has 0 aliphatic rings. The highest BCUT2D eigenvalue weighted by atomic mass is 19.3. The number of Topliss-reactive ketones (excluding diaryl/α,β-unsaturated/α-hetero) is 1. The molecule has 0 aliphatic heterocycles. The third kappa shape index (κ3) is 2.32. The molecule has 0 fully saturated rings. The minimum absolute atomic E-state index is 0.0295. The fourth-order valence-corrected chi connectivity index (χ4v) is 1.49. The van der Waals surface area contributed by atoms with Crippen molar-refractivity contribution in [1.82, 2.24) is 0 Å². The van der Waals surface area contributed by atoms with Crippen molar-refractivity contribution in [3.05, 3.63) is 28.8 Å². The first-order valence-electron chi connectivity index (χ1n) is 4.45. The van der Waals surface area contributed by atoms with Crippen LogP contribution in [0.25, 0.3) is 0 Å². The molecule has 82 valence electrons. The van der Waals surface area contributed by atoms with Crippen molar-refractivity contribution in [3.63, 3.8) is 0 Å². The fraction of sp³-hybridized carbons (Fsp3) is 0.364. The third-order valence-electron chi connectivity index (χ3n) is 2.08. The van der Waals surface area contributed by atoms with Crippen LogP contribution in [0.4, 0.5) is 8.78 Å². The molecule has 0 spiro atoms. The number of methoxy groups -OCH3 is 1. The van der Waals surface area contributed by atoms with Gasteiger partial charge in [0.25, 0.3) is 6.43 Å². The second-order valence-corrected chi connectivity index (χ2v) is 3.29. The summed E-state index contributed by atoms with van der Waals surface area (Å²) in [6.07, 6.45) is -2.67. The van der Waals surface area contributed by atoms with Crippen LogP contribution in [0, 0.1) is 6.92 Å². The quantitative estimate of drug-likeness (QED) is 0.722. The summed E-state index contributed by atoms with van der Waals surface area (Å²) < 4.78 is 30.3. The molecular weight excluding hydrogens is 202 g/mol. The third-order valence-corrected chi connectivity index (χ3v) is 2.08. The summed E-state index contributed by atoms with van der Waals surface area (Å²) >= 11 is 0. The fourth-order valence-electron chi connectivity index (χ4n) is 1.49. The van der Waals surface area contributed by atoms with Gasteiger partial charge in [-0.25, -0.2) is 8.78 Å². The monoisotopic (exact) mass is 214 g/mol. The number of hydrogen-bond acceptors (Lipinski definition) is 2. The summed E-state index contributed by atoms with van der Waals surface area (Å²) in [5.74, 6) is -0.208. The van der Waals surface area contributed by atoms with Crippen LogP contribution in [0.2, 0.25) is 0 Å². The zero-order chi connectivity index (χ0) is 11.6. The number of ether oxygens (including phenoxy) is 1. The van der Waals surface area contributed by atoms with E-state index >= 15 is 0 Å². The van der Waals surface area contributed by atoms with Crippen LogP contribution >= 0.6 is 0 Å². The number of rotatable bonds is 3. The van der Waals surface area contributed by atoms with Crippen molar-refractivity contribution in [1.29, 1.82) is 0 Å². The van der Waals surface area contributed by atoms with Gasteiger partial charge in [0.05, 0.1) is 12.7 Å². The summed E-state index contributed by atoms with van der Waals surface area (Å²) in [5, 5.41) is 0. The highest BCUT2D eigenvalue weighted by molar-refractivity contribution is 5.98. The van der Waals surface area contributed by atoms with Gasteiger partial charge in [-0.2, -0.15) is 0 Å². The summed E-state index contributed by atoms with van der Waals surface area (Å²) in [7, 11) is 1.36. The molecule has 0 bridgehead atoms. The minimum atomic E-state index is -2.67. The molecule has 2 nitrogen and oxygen atoms in total. The van der Waals surface area contributed by atoms with Crippen LogP contribution in [-0.2, 0) is 0 Å². The van der Waals surface area contributed by atoms with Gasteiger partial charge < -0.3 is 4.74 Å². The Morgan fingerprint density at radius 3 is 2.40 bits per heavy atom. The number of halogens is 2. The Morgan fingerprint density at radius 1 is 1.40 bits per heavy atom. The lowest BCUT2D eigenvalue weighted by molar-refractivity contribution is 0.0995. The molecule has 0 atom stereocenters. The molecule has 0 radical (unpaired) electrons. The van der Waals surface area contributed by atoms with Crippen molar-refractivity contribution < 1.29 is 18.3 Å². The molecular formula is C11H12F2O2. The van der Waals surface area contributed by atoms with Gasteiger partial charge in [0.1, 0.15) is 5.75 Å². The van der Waals surface area contributed by atoms with Crippen LogP contribution in [0.1, 0.15) is 34.8 Å². The maximum atomic E-state index is 12.7. The van der Waals surface area contributed by atoms with E-state index in [0.717, 1.165) is 0 Å². The Kier molecular flexibility index (Phi) is 3.39. The van der Waals surface area contributed by atoms with Crippen LogP contribution < -0.4 is 4.74 Å². The molecule has 15 heavy (non-hydrogen) atoms. The first-order valence-corrected chi connectivity index (χ1v) is 4.45. The second-order valence-electron chi connectivity index (χ2n) is 3.29. The lowest BCUT2D eigenvalue weighted by Crippen LogP contribution is -2.04. The minimum Gasteiger partial charge on any atom is -0.496 e. The number of alkyl halides is 2. The van der Waals surface area contributed by atoms with E-state index in [-0.39, 0.29) is 16.9 Å². The summed E-state index contributed by atoms with van der Waals surface area (Å²) in [4.78, 5) is 11.2. The maximum absolute atomic E-state index is 12.7. The maximum Gasteiger partial charge on any atom is 0.264 e. The second kappa shape index (κ2) is 4.38. The van der Waals surface area contributed by atoms with E-state index in [4.69, 9.17) is 4.74 Å². The molecule has 0 saturated carbocycles. The predicted molar refractivity (Wildman–Crippen MR) is 52.7 cm³/mol. The largest absolute Gasteiger partial charge is 0.496 e. The molecule has 0 aliphatic carbocycles. The topological polar surface area (TPSA) is 26.3 Å². The van der Waals surface area contributed by atoms with E-state index in [1.807, 2.05) is 0 Å². The van der Waals surface area contributed by atoms with Crippen molar-refractivity contribution >= 4 is 5.78 Å². The average Bonchev–Trinajstić information content (AvgIpc) is 2.15. The molecule has 0 amide bonds. The molecule has 0 N–H and O–H groups in total. The molecule has 0 saturated heterocycles. The smallest absolute Gasteiger partial charge is 0.264 e. The molecule has 0 unspecified atom stereocenters. The van der Waals surface area contributed by atoms with Gasteiger partial charge in [0.15, 0.2) is 5.78 Å². The van der Waals surface area contributed by atoms with Crippen LogP contribution in [0.15, 0.2) is 12.1 Å². The van der Waals surface area contributed by atoms with Gasteiger partial charge in [-0.15, -0.1) is 0 Å². The molecule has 4 heteroatoms. The number of hydrogen-bond donors (Lipinski definition) is 0. The van der Waals surface area contributed by atoms with Crippen molar-refractivity contribution in [2.75, 3.05) is 7.11 Å². The Bertz CT molecular complexity index is 386. The molecule has 0 heterocycles. The van der Waals surface area contributed by atoms with Gasteiger partial charge in [-0.3, -0.25) is 4.79 Å². The average molecular weight is 214 g/mol. The lowest BCUT2D eigenvalue weighted by Gasteiger charge is -2.12. The highest BCUT2D eigenvalue weighted by Gasteiger charge is 2.20. The highest BCUT2D eigenvalue weighted by Crippen LogP contribution is 2.31. The van der Waals surface area contributed by atoms with E-state index in [9.17, 15) is 13.6 Å². The normalized spacial score (nSPS) is 10.5. The Balaban J connectivity index is 3.47. The SMILES string of the molecule is COc1cc(C)cc(C(F)F)c1C(C)=O. The van der Waals surface area contributed by atoms with Gasteiger partial charge in [0.2, 0.25) is 0 Å². The van der Waals surface area contributed by atoms with Crippen molar-refractivity contribution in [2.24, 2.45) is 0 Å². The summed E-state index contributed by atoms with van der Waals surface area (Å²) in [6, 6.07) is 2.88. The van der Waals surface area contributed by atoms with E-state index in [1.54, 1.807) is 13.0 Å². The number of benzene rings is 1. The zero-order valence-electron chi connectivity index (χ0n) is 8.80. The van der Waals surface area contributed by atoms with E-state index in [2.05, 4.69) is 0 Å². The molecule has 1 aromatic carbocycles. The van der Waals surface area contributed by atoms with E-state index < -0.39 is 12.2 Å². The van der Waals surface area contributed by atoms with E-state index in [1.165, 1.54) is 20.1 Å². The molecule has 1 aromatic rings. The van der Waals surface area contributed by atoms with Crippen LogP contribution in [0.3, 0.4) is 0 Å². The number of carbonyl (C=O) groups is 1. The Hall–Kier alpha value is -1.45. The number of ketones is 1. The van der Waals surface area contributed by atoms with Gasteiger partial charge in [-0.1, -0.05) is 0 Å². The summed E-state index contributed by atoms with van der Waals surface area (Å²) in [6.45, 7) is 2.93. The van der Waals surface area contributed by atoms with Crippen molar-refractivity contribution in [2.45, 2.75) is 20.3 Å². The standard InChI is InChI=1S/C11H12F2O2/c1-6-4-8(11(12)13)10(7(2)14)9(5-6)15-3/h4-5,11H,1-3H3. The molecule has 0 aromatic heterocycles. The lowest BCUT2D eigenvalue weighted by atomic mass is 10.0. The van der Waals surface area contributed by atoms with Gasteiger partial charge in [-0.05, 0) is 31.5 Å². The van der Waals surface area contributed by atoms with Crippen molar-refractivity contribution in [3.8, 4) is 5.75 Å². The number of carbonyl (C=O) groups excluding carboxylic acids is 1. The zero-order valence-corrected chi connectivity index (χ0v) is 8.80. The predicted octanol–water partition coefficient (Wildman–Crippen LogP) is 3.14. The van der Waals surface area contributed by atoms with E-state index in [0.29, 0.717) is 5.56 Å². The van der Waals surface area contributed by atoms with Gasteiger partial charge >= 0.3 is 0 Å². The number of aryl methyl sites for hydroxylation is 1. The Morgan fingerprint density at radius 2 is 2.00 bits per heavy atom. The Labute approximate surface area is 86.9 Å².